The lowest BCUT2D eigenvalue weighted by atomic mass is 10.1. The number of carboxylic acid groups (broad SMARTS) is 1. The first kappa shape index (κ1) is 18.2. The summed E-state index contributed by atoms with van der Waals surface area (Å²) in [4.78, 5) is 28.2. The van der Waals surface area contributed by atoms with E-state index < -0.39 is 22.8 Å². The summed E-state index contributed by atoms with van der Waals surface area (Å²) < 4.78 is 22.6. The Balaban J connectivity index is 1.69. The maximum Gasteiger partial charge on any atom is 0.341 e. The van der Waals surface area contributed by atoms with Crippen LogP contribution in [0.1, 0.15) is 16.8 Å². The van der Waals surface area contributed by atoms with E-state index in [0.717, 1.165) is 6.07 Å². The molecule has 2 fully saturated rings. The smallest absolute Gasteiger partial charge is 0.341 e. The number of aromatic carboxylic acids is 1. The summed E-state index contributed by atoms with van der Waals surface area (Å²) in [5.74, 6) is -1.73. The fourth-order valence-corrected chi connectivity index (χ4v) is 4.69. The lowest BCUT2D eigenvalue weighted by molar-refractivity contribution is 0.0694. The van der Waals surface area contributed by atoms with Crippen LogP contribution < -0.4 is 20.1 Å². The van der Waals surface area contributed by atoms with Gasteiger partial charge < -0.3 is 19.8 Å². The predicted molar refractivity (Wildman–Crippen MR) is 103 cm³/mol. The van der Waals surface area contributed by atoms with E-state index in [0.29, 0.717) is 38.1 Å². The summed E-state index contributed by atoms with van der Waals surface area (Å²) in [6.07, 6.45) is 1.52. The van der Waals surface area contributed by atoms with Gasteiger partial charge in [0, 0.05) is 45.5 Å². The van der Waals surface area contributed by atoms with Crippen molar-refractivity contribution in [2.24, 2.45) is 0 Å². The summed E-state index contributed by atoms with van der Waals surface area (Å²) in [5, 5.41) is 20.9. The van der Waals surface area contributed by atoms with Crippen LogP contribution in [0.3, 0.4) is 0 Å². The second kappa shape index (κ2) is 6.33. The molecule has 4 heterocycles. The first-order valence-corrected chi connectivity index (χ1v) is 9.51. The molecule has 5 rings (SSSR count). The number of halogens is 1. The number of pyridine rings is 1. The number of aliphatic hydroxyl groups is 1. The molecule has 29 heavy (non-hydrogen) atoms. The Kier molecular flexibility index (Phi) is 3.97. The minimum atomic E-state index is -1.36. The highest BCUT2D eigenvalue weighted by molar-refractivity contribution is 5.97. The van der Waals surface area contributed by atoms with Crippen molar-refractivity contribution in [1.82, 2.24) is 9.58 Å². The SMILES string of the molecule is CN1COc2c(N3CCN4C[C@H](O)CC4C3)c(F)cc3c(=O)c(C(=O)O)cn1c23. The fourth-order valence-electron chi connectivity index (χ4n) is 4.69. The third-order valence-corrected chi connectivity index (χ3v) is 6.06. The molecule has 0 saturated carbocycles. The van der Waals surface area contributed by atoms with Gasteiger partial charge in [-0.15, -0.1) is 0 Å². The minimum absolute atomic E-state index is 0.0253. The van der Waals surface area contributed by atoms with E-state index >= 15 is 4.39 Å². The zero-order chi connectivity index (χ0) is 20.4. The molecule has 1 unspecified atom stereocenters. The van der Waals surface area contributed by atoms with Crippen LogP contribution in [0.2, 0.25) is 0 Å². The van der Waals surface area contributed by atoms with Crippen molar-refractivity contribution < 1.29 is 24.1 Å². The van der Waals surface area contributed by atoms with Crippen LogP contribution in [0.4, 0.5) is 10.1 Å². The van der Waals surface area contributed by atoms with Gasteiger partial charge >= 0.3 is 5.97 Å². The number of carbonyl (C=O) groups is 1. The van der Waals surface area contributed by atoms with Gasteiger partial charge in [0.2, 0.25) is 5.43 Å². The molecule has 3 aliphatic heterocycles. The Bertz CT molecular complexity index is 1090. The number of nitrogens with zero attached hydrogens (tertiary/aromatic N) is 4. The average molecular weight is 404 g/mol. The summed E-state index contributed by atoms with van der Waals surface area (Å²) in [6, 6.07) is 1.24. The molecular weight excluding hydrogens is 383 g/mol. The van der Waals surface area contributed by atoms with Crippen LogP contribution in [0.5, 0.6) is 5.75 Å². The highest BCUT2D eigenvalue weighted by Gasteiger charge is 2.38. The van der Waals surface area contributed by atoms with Crippen molar-refractivity contribution in [1.29, 1.82) is 0 Å². The number of rotatable bonds is 2. The number of carboxylic acids is 1. The molecular formula is C19H21FN4O5. The molecule has 3 aliphatic rings. The van der Waals surface area contributed by atoms with Gasteiger partial charge in [-0.3, -0.25) is 19.4 Å². The van der Waals surface area contributed by atoms with Gasteiger partial charge in [0.05, 0.1) is 11.5 Å². The lowest BCUT2D eigenvalue weighted by Gasteiger charge is -2.40. The topological polar surface area (TPSA) is 98.5 Å². The predicted octanol–water partition coefficient (Wildman–Crippen LogP) is 0.0117. The molecule has 0 radical (unpaired) electrons. The van der Waals surface area contributed by atoms with Crippen LogP contribution in [-0.4, -0.2) is 77.9 Å². The first-order valence-electron chi connectivity index (χ1n) is 9.51. The van der Waals surface area contributed by atoms with Gasteiger partial charge in [-0.1, -0.05) is 0 Å². The molecule has 9 nitrogen and oxygen atoms in total. The number of fused-ring (bicyclic) bond motifs is 1. The summed E-state index contributed by atoms with van der Waals surface area (Å²) in [6.45, 7) is 2.52. The summed E-state index contributed by atoms with van der Waals surface area (Å²) >= 11 is 0. The van der Waals surface area contributed by atoms with Gasteiger partial charge in [-0.25, -0.2) is 9.18 Å². The molecule has 154 valence electrons. The molecule has 0 spiro atoms. The molecule has 10 heteroatoms. The van der Waals surface area contributed by atoms with Crippen molar-refractivity contribution in [3.05, 3.63) is 33.9 Å². The van der Waals surface area contributed by atoms with Gasteiger partial charge in [-0.2, -0.15) is 0 Å². The zero-order valence-electron chi connectivity index (χ0n) is 15.8. The van der Waals surface area contributed by atoms with Gasteiger partial charge in [0.15, 0.2) is 18.3 Å². The third-order valence-electron chi connectivity index (χ3n) is 6.06. The van der Waals surface area contributed by atoms with Crippen LogP contribution in [-0.2, 0) is 0 Å². The Labute approximate surface area is 165 Å². The Morgan fingerprint density at radius 1 is 1.31 bits per heavy atom. The number of aromatic nitrogens is 1. The number of piperazine rings is 1. The standard InChI is InChI=1S/C19H21FN4O5/c1-21-9-29-18-15-12(17(26)13(19(27)28)8-24(15)21)5-14(20)16(18)23-3-2-22-7-11(25)4-10(22)6-23/h5,8,10-11,25H,2-4,6-7,9H2,1H3,(H,27,28)/t10?,11-/m1/s1. The lowest BCUT2D eigenvalue weighted by Crippen LogP contribution is -2.50. The van der Waals surface area contributed by atoms with Crippen molar-refractivity contribution >= 4 is 22.6 Å². The van der Waals surface area contributed by atoms with E-state index in [9.17, 15) is 19.8 Å². The van der Waals surface area contributed by atoms with E-state index in [2.05, 4.69) is 4.90 Å². The molecule has 2 saturated heterocycles. The van der Waals surface area contributed by atoms with Crippen LogP contribution >= 0.6 is 0 Å². The van der Waals surface area contributed by atoms with E-state index in [1.807, 2.05) is 4.90 Å². The zero-order valence-corrected chi connectivity index (χ0v) is 15.8. The molecule has 2 N–H and O–H groups in total. The molecule has 0 amide bonds. The Morgan fingerprint density at radius 2 is 2.10 bits per heavy atom. The Hall–Kier alpha value is -2.85. The minimum Gasteiger partial charge on any atom is -0.477 e. The van der Waals surface area contributed by atoms with E-state index in [1.165, 1.54) is 10.9 Å². The number of hydrogen-bond donors (Lipinski definition) is 2. The second-order valence-electron chi connectivity index (χ2n) is 7.87. The van der Waals surface area contributed by atoms with Gasteiger partial charge in [-0.05, 0) is 12.5 Å². The molecule has 2 atom stereocenters. The number of aliphatic hydroxyl groups excluding tert-OH is 1. The largest absolute Gasteiger partial charge is 0.477 e. The quantitative estimate of drug-likeness (QED) is 0.723. The monoisotopic (exact) mass is 404 g/mol. The molecule has 1 aromatic heterocycles. The number of hydrogen-bond acceptors (Lipinski definition) is 7. The highest BCUT2D eigenvalue weighted by atomic mass is 19.1. The first-order chi connectivity index (χ1) is 13.8. The van der Waals surface area contributed by atoms with Gasteiger partial charge in [0.25, 0.3) is 0 Å². The molecule has 2 aromatic rings. The molecule has 0 aliphatic carbocycles. The van der Waals surface area contributed by atoms with Crippen molar-refractivity contribution in [2.75, 3.05) is 49.9 Å². The molecule has 0 bridgehead atoms. The van der Waals surface area contributed by atoms with Gasteiger partial charge in [0.1, 0.15) is 16.8 Å². The van der Waals surface area contributed by atoms with E-state index in [-0.39, 0.29) is 35.7 Å². The van der Waals surface area contributed by atoms with E-state index in [1.54, 1.807) is 12.1 Å². The van der Waals surface area contributed by atoms with Crippen LogP contribution in [0.15, 0.2) is 17.1 Å². The van der Waals surface area contributed by atoms with Crippen molar-refractivity contribution in [3.63, 3.8) is 0 Å². The maximum absolute atomic E-state index is 15.2. The fraction of sp³-hybridized carbons (Fsp3) is 0.474. The average Bonchev–Trinajstić information content (AvgIpc) is 3.04. The third kappa shape index (κ3) is 2.66. The van der Waals surface area contributed by atoms with Crippen LogP contribution in [0, 0.1) is 5.82 Å². The molecule has 1 aromatic carbocycles. The van der Waals surface area contributed by atoms with E-state index in [4.69, 9.17) is 4.74 Å². The highest BCUT2D eigenvalue weighted by Crippen LogP contribution is 2.41. The number of anilines is 1. The second-order valence-corrected chi connectivity index (χ2v) is 7.87. The normalized spacial score (nSPS) is 24.0. The van der Waals surface area contributed by atoms with Crippen LogP contribution in [0.25, 0.3) is 10.9 Å². The summed E-state index contributed by atoms with van der Waals surface area (Å²) in [7, 11) is 1.69. The van der Waals surface area contributed by atoms with Crippen molar-refractivity contribution in [2.45, 2.75) is 18.6 Å². The number of ether oxygens (including phenoxy) is 1. The summed E-state index contributed by atoms with van der Waals surface area (Å²) in [5.41, 5.74) is -0.516. The van der Waals surface area contributed by atoms with Crippen molar-refractivity contribution in [3.8, 4) is 5.75 Å². The Morgan fingerprint density at radius 3 is 2.86 bits per heavy atom. The maximum atomic E-state index is 15.2. The number of benzene rings is 1.